The lowest BCUT2D eigenvalue weighted by atomic mass is 10.3. The highest BCUT2D eigenvalue weighted by Crippen LogP contribution is 2.29. The maximum Gasteiger partial charge on any atom is 0.145 e. The van der Waals surface area contributed by atoms with Crippen molar-refractivity contribution in [1.82, 2.24) is 0 Å². The summed E-state index contributed by atoms with van der Waals surface area (Å²) in [7, 11) is 0. The van der Waals surface area contributed by atoms with Gasteiger partial charge in [-0.25, -0.2) is 0 Å². The maximum atomic E-state index is 5.75. The van der Waals surface area contributed by atoms with Crippen molar-refractivity contribution in [2.24, 2.45) is 0 Å². The van der Waals surface area contributed by atoms with Crippen LogP contribution in [0.1, 0.15) is 12.8 Å². The zero-order chi connectivity index (χ0) is 11.3. The Morgan fingerprint density at radius 1 is 1.07 bits per heavy atom. The molecule has 0 saturated carbocycles. The van der Waals surface area contributed by atoms with Crippen molar-refractivity contribution >= 4 is 79.4 Å². The summed E-state index contributed by atoms with van der Waals surface area (Å²) >= 11 is 12.5. The lowest BCUT2D eigenvalue weighted by molar-refractivity contribution is 0.305. The Bertz CT molecular complexity index is 307. The summed E-state index contributed by atoms with van der Waals surface area (Å²) in [5, 5.41) is 0. The Balaban J connectivity index is 2.60. The van der Waals surface area contributed by atoms with E-state index >= 15 is 0 Å². The van der Waals surface area contributed by atoms with Crippen molar-refractivity contribution in [3.8, 4) is 5.75 Å². The molecule has 84 valence electrons. The molecule has 1 nitrogen and oxygen atoms in total. The first-order valence-corrected chi connectivity index (χ1v) is 8.25. The predicted molar refractivity (Wildman–Crippen MR) is 90.0 cm³/mol. The molecule has 15 heavy (non-hydrogen) atoms. The molecule has 0 atom stereocenters. The molecule has 0 bridgehead atoms. The van der Waals surface area contributed by atoms with Gasteiger partial charge in [0.15, 0.2) is 0 Å². The molecule has 0 N–H and O–H groups in total. The molecule has 0 spiro atoms. The van der Waals surface area contributed by atoms with Gasteiger partial charge in [0.2, 0.25) is 0 Å². The molecule has 0 aliphatic rings. The number of ether oxygens (including phenoxy) is 1. The van der Waals surface area contributed by atoms with Crippen LogP contribution in [0.5, 0.6) is 5.75 Å². The Hall–Kier alpha value is 1.50. The van der Waals surface area contributed by atoms with Crippen LogP contribution in [0.3, 0.4) is 0 Å². The third-order valence-corrected chi connectivity index (χ3v) is 4.23. The predicted octanol–water partition coefficient (Wildman–Crippen LogP) is 4.90. The second-order valence-electron chi connectivity index (χ2n) is 2.94. The highest BCUT2D eigenvalue weighted by atomic mass is 127. The van der Waals surface area contributed by atoms with Crippen LogP contribution in [0.15, 0.2) is 12.1 Å². The normalized spacial score (nSPS) is 10.4. The summed E-state index contributed by atoms with van der Waals surface area (Å²) in [6.07, 6.45) is 2.03. The third-order valence-electron chi connectivity index (χ3n) is 1.74. The molecule has 0 saturated heterocycles. The smallest absolute Gasteiger partial charge is 0.145 e. The van der Waals surface area contributed by atoms with Crippen LogP contribution < -0.4 is 4.74 Å². The minimum atomic E-state index is 0.713. The van der Waals surface area contributed by atoms with E-state index in [1.54, 1.807) is 0 Å². The van der Waals surface area contributed by atoms with Gasteiger partial charge in [-0.05, 0) is 92.7 Å². The van der Waals surface area contributed by atoms with Crippen molar-refractivity contribution in [3.05, 3.63) is 22.8 Å². The van der Waals surface area contributed by atoms with Gasteiger partial charge in [-0.3, -0.25) is 0 Å². The SMILES string of the molecule is ClCCCCOc1c(I)cc(I)cc1I. The van der Waals surface area contributed by atoms with E-state index in [4.69, 9.17) is 16.3 Å². The Kier molecular flexibility index (Phi) is 7.53. The number of unbranched alkanes of at least 4 members (excludes halogenated alkanes) is 1. The fraction of sp³-hybridized carbons (Fsp3) is 0.400. The van der Waals surface area contributed by atoms with E-state index in [1.807, 2.05) is 0 Å². The lowest BCUT2D eigenvalue weighted by Crippen LogP contribution is -2.01. The molecule has 1 aromatic rings. The number of hydrogen-bond donors (Lipinski definition) is 0. The first kappa shape index (κ1) is 14.6. The molecule has 0 aliphatic carbocycles. The minimum Gasteiger partial charge on any atom is -0.491 e. The number of alkyl halides is 1. The van der Waals surface area contributed by atoms with Crippen LogP contribution in [-0.2, 0) is 0 Å². The van der Waals surface area contributed by atoms with Gasteiger partial charge in [0, 0.05) is 9.45 Å². The van der Waals surface area contributed by atoms with Crippen molar-refractivity contribution in [3.63, 3.8) is 0 Å². The van der Waals surface area contributed by atoms with Gasteiger partial charge in [0.05, 0.1) is 13.7 Å². The summed E-state index contributed by atoms with van der Waals surface area (Å²) in [6.45, 7) is 0.749. The highest BCUT2D eigenvalue weighted by molar-refractivity contribution is 14.1. The van der Waals surface area contributed by atoms with E-state index in [9.17, 15) is 0 Å². The Morgan fingerprint density at radius 3 is 2.20 bits per heavy atom. The molecule has 0 radical (unpaired) electrons. The average Bonchev–Trinajstić information content (AvgIpc) is 2.15. The Morgan fingerprint density at radius 2 is 1.67 bits per heavy atom. The van der Waals surface area contributed by atoms with Gasteiger partial charge < -0.3 is 4.74 Å². The lowest BCUT2D eigenvalue weighted by Gasteiger charge is -2.10. The first-order chi connectivity index (χ1) is 7.15. The number of rotatable bonds is 5. The van der Waals surface area contributed by atoms with E-state index in [-0.39, 0.29) is 0 Å². The van der Waals surface area contributed by atoms with Gasteiger partial charge in [0.1, 0.15) is 5.75 Å². The fourth-order valence-corrected chi connectivity index (χ4v) is 5.12. The number of benzene rings is 1. The summed E-state index contributed by atoms with van der Waals surface area (Å²) in [6, 6.07) is 4.25. The van der Waals surface area contributed by atoms with Crippen molar-refractivity contribution < 1.29 is 4.74 Å². The van der Waals surface area contributed by atoms with Crippen LogP contribution in [0, 0.1) is 10.7 Å². The Labute approximate surface area is 136 Å². The third kappa shape index (κ3) is 5.12. The minimum absolute atomic E-state index is 0.713. The number of hydrogen-bond acceptors (Lipinski definition) is 1. The average molecular weight is 562 g/mol. The van der Waals surface area contributed by atoms with E-state index in [0.717, 1.165) is 25.2 Å². The largest absolute Gasteiger partial charge is 0.491 e. The van der Waals surface area contributed by atoms with Crippen LogP contribution in [0.25, 0.3) is 0 Å². The molecule has 1 rings (SSSR count). The van der Waals surface area contributed by atoms with Crippen molar-refractivity contribution in [1.29, 1.82) is 0 Å². The van der Waals surface area contributed by atoms with Gasteiger partial charge in [-0.1, -0.05) is 0 Å². The molecular formula is C10H10ClI3O. The maximum absolute atomic E-state index is 5.75. The standard InChI is InChI=1S/C10H10ClI3O/c11-3-1-2-4-15-10-8(13)5-7(12)6-9(10)14/h5-6H,1-4H2. The van der Waals surface area contributed by atoms with Crippen LogP contribution in [0.2, 0.25) is 0 Å². The van der Waals surface area contributed by atoms with E-state index in [0.29, 0.717) is 5.88 Å². The highest BCUT2D eigenvalue weighted by Gasteiger charge is 2.07. The number of halogens is 4. The van der Waals surface area contributed by atoms with Gasteiger partial charge in [0.25, 0.3) is 0 Å². The molecule has 0 unspecified atom stereocenters. The summed E-state index contributed by atoms with van der Waals surface area (Å²) in [5.41, 5.74) is 0. The fourth-order valence-electron chi connectivity index (χ4n) is 1.04. The topological polar surface area (TPSA) is 9.23 Å². The van der Waals surface area contributed by atoms with Crippen LogP contribution in [0.4, 0.5) is 0 Å². The molecule has 0 aromatic heterocycles. The molecule has 1 aromatic carbocycles. The zero-order valence-corrected chi connectivity index (χ0v) is 15.1. The first-order valence-electron chi connectivity index (χ1n) is 4.48. The van der Waals surface area contributed by atoms with Crippen LogP contribution >= 0.6 is 79.4 Å². The van der Waals surface area contributed by atoms with Crippen molar-refractivity contribution in [2.75, 3.05) is 12.5 Å². The quantitative estimate of drug-likeness (QED) is 0.282. The van der Waals surface area contributed by atoms with Crippen LogP contribution in [-0.4, -0.2) is 12.5 Å². The molecule has 0 amide bonds. The summed E-state index contributed by atoms with van der Waals surface area (Å²) in [4.78, 5) is 0. The second kappa shape index (κ2) is 7.75. The molecule has 5 heteroatoms. The van der Waals surface area contributed by atoms with Crippen molar-refractivity contribution in [2.45, 2.75) is 12.8 Å². The molecule has 0 heterocycles. The molecular weight excluding hydrogens is 552 g/mol. The molecule has 0 aliphatic heterocycles. The van der Waals surface area contributed by atoms with E-state index in [2.05, 4.69) is 79.9 Å². The summed E-state index contributed by atoms with van der Waals surface area (Å²) < 4.78 is 9.34. The van der Waals surface area contributed by atoms with E-state index in [1.165, 1.54) is 10.7 Å². The van der Waals surface area contributed by atoms with Gasteiger partial charge in [-0.2, -0.15) is 0 Å². The van der Waals surface area contributed by atoms with Gasteiger partial charge in [-0.15, -0.1) is 11.6 Å². The van der Waals surface area contributed by atoms with Gasteiger partial charge >= 0.3 is 0 Å². The summed E-state index contributed by atoms with van der Waals surface area (Å²) in [5.74, 6) is 1.72. The monoisotopic (exact) mass is 562 g/mol. The second-order valence-corrected chi connectivity index (χ2v) is 6.89. The zero-order valence-electron chi connectivity index (χ0n) is 7.90. The molecule has 0 fully saturated rings. The van der Waals surface area contributed by atoms with E-state index < -0.39 is 0 Å².